The lowest BCUT2D eigenvalue weighted by atomic mass is 9.71. The van der Waals surface area contributed by atoms with Gasteiger partial charge in [0.25, 0.3) is 0 Å². The number of para-hydroxylation sites is 1. The first-order valence-electron chi connectivity index (χ1n) is 10.1. The van der Waals surface area contributed by atoms with Gasteiger partial charge in [-0.1, -0.05) is 63.1 Å². The third kappa shape index (κ3) is 2.81. The molecule has 3 fully saturated rings. The van der Waals surface area contributed by atoms with Crippen LogP contribution < -0.4 is 4.90 Å². The van der Waals surface area contributed by atoms with Crippen molar-refractivity contribution in [1.29, 1.82) is 0 Å². The maximum atomic E-state index is 2.90. The van der Waals surface area contributed by atoms with E-state index in [0.29, 0.717) is 11.0 Å². The standard InChI is InChI=1S/C22H33N/c1-19-11-5-6-12-20(19)23-18-21(13-7-2-3-8-14-21)17-22(23)15-9-4-10-16-22/h5-6,11-12H,2-4,7-10,13-18H2,1H3. The summed E-state index contributed by atoms with van der Waals surface area (Å²) >= 11 is 0. The van der Waals surface area contributed by atoms with Gasteiger partial charge in [0.1, 0.15) is 0 Å². The number of nitrogens with zero attached hydrogens (tertiary/aromatic N) is 1. The lowest BCUT2D eigenvalue weighted by Gasteiger charge is -2.43. The summed E-state index contributed by atoms with van der Waals surface area (Å²) in [4.78, 5) is 2.90. The van der Waals surface area contributed by atoms with Crippen LogP contribution in [0.1, 0.15) is 82.6 Å². The molecule has 1 aromatic rings. The summed E-state index contributed by atoms with van der Waals surface area (Å²) in [6.07, 6.45) is 17.5. The first-order valence-corrected chi connectivity index (χ1v) is 10.1. The highest BCUT2D eigenvalue weighted by molar-refractivity contribution is 5.57. The molecule has 0 N–H and O–H groups in total. The molecule has 0 aromatic heterocycles. The summed E-state index contributed by atoms with van der Waals surface area (Å²) in [5, 5.41) is 0. The highest BCUT2D eigenvalue weighted by Gasteiger charge is 2.52. The van der Waals surface area contributed by atoms with Crippen LogP contribution in [0.5, 0.6) is 0 Å². The molecule has 0 unspecified atom stereocenters. The van der Waals surface area contributed by atoms with Crippen molar-refractivity contribution < 1.29 is 0 Å². The molecule has 126 valence electrons. The van der Waals surface area contributed by atoms with E-state index in [1.807, 2.05) is 0 Å². The minimum absolute atomic E-state index is 0.481. The molecule has 1 nitrogen and oxygen atoms in total. The molecule has 1 aromatic carbocycles. The minimum atomic E-state index is 0.481. The Balaban J connectivity index is 1.71. The normalized spacial score (nSPS) is 26.6. The van der Waals surface area contributed by atoms with Crippen molar-refractivity contribution in [2.45, 2.75) is 89.5 Å². The fourth-order valence-electron chi connectivity index (χ4n) is 6.03. The average molecular weight is 312 g/mol. The van der Waals surface area contributed by atoms with Gasteiger partial charge >= 0.3 is 0 Å². The van der Waals surface area contributed by atoms with Crippen molar-refractivity contribution in [1.82, 2.24) is 0 Å². The van der Waals surface area contributed by atoms with Crippen LogP contribution in [0.2, 0.25) is 0 Å². The Bertz CT molecular complexity index is 533. The smallest absolute Gasteiger partial charge is 0.0408 e. The summed E-state index contributed by atoms with van der Waals surface area (Å²) in [6, 6.07) is 9.15. The van der Waals surface area contributed by atoms with Crippen LogP contribution >= 0.6 is 0 Å². The van der Waals surface area contributed by atoms with E-state index in [-0.39, 0.29) is 0 Å². The largest absolute Gasteiger partial charge is 0.365 e. The molecule has 0 bridgehead atoms. The third-order valence-corrected chi connectivity index (χ3v) is 7.12. The Labute approximate surface area is 142 Å². The van der Waals surface area contributed by atoms with Crippen molar-refractivity contribution >= 4 is 5.69 Å². The number of aryl methyl sites for hydroxylation is 1. The second kappa shape index (κ2) is 6.15. The number of rotatable bonds is 1. The van der Waals surface area contributed by atoms with Crippen molar-refractivity contribution in [3.05, 3.63) is 29.8 Å². The summed E-state index contributed by atoms with van der Waals surface area (Å²) < 4.78 is 0. The van der Waals surface area contributed by atoms with Crippen molar-refractivity contribution in [2.24, 2.45) is 5.41 Å². The summed E-state index contributed by atoms with van der Waals surface area (Å²) in [5.74, 6) is 0. The Hall–Kier alpha value is -0.980. The molecule has 1 aliphatic heterocycles. The quantitative estimate of drug-likeness (QED) is 0.592. The number of hydrogen-bond acceptors (Lipinski definition) is 1. The molecule has 2 saturated carbocycles. The fourth-order valence-corrected chi connectivity index (χ4v) is 6.03. The van der Waals surface area contributed by atoms with Gasteiger partial charge in [-0.15, -0.1) is 0 Å². The Morgan fingerprint density at radius 2 is 1.39 bits per heavy atom. The molecule has 3 aliphatic rings. The van der Waals surface area contributed by atoms with E-state index in [4.69, 9.17) is 0 Å². The Kier molecular flexibility index (Phi) is 4.15. The number of benzene rings is 1. The first-order chi connectivity index (χ1) is 11.2. The van der Waals surface area contributed by atoms with Gasteiger partial charge in [-0.3, -0.25) is 0 Å². The van der Waals surface area contributed by atoms with E-state index in [1.165, 1.54) is 94.8 Å². The van der Waals surface area contributed by atoms with Crippen LogP contribution in [0, 0.1) is 12.3 Å². The maximum Gasteiger partial charge on any atom is 0.0408 e. The van der Waals surface area contributed by atoms with Crippen LogP contribution in [0.25, 0.3) is 0 Å². The summed E-state index contributed by atoms with van der Waals surface area (Å²) in [5.41, 5.74) is 4.11. The van der Waals surface area contributed by atoms with Crippen molar-refractivity contribution in [3.8, 4) is 0 Å². The topological polar surface area (TPSA) is 3.24 Å². The van der Waals surface area contributed by atoms with E-state index >= 15 is 0 Å². The van der Waals surface area contributed by atoms with Crippen LogP contribution in [0.15, 0.2) is 24.3 Å². The molecule has 23 heavy (non-hydrogen) atoms. The SMILES string of the molecule is Cc1ccccc1N1CC2(CCCCCC2)CC12CCCCC2. The molecule has 0 atom stereocenters. The van der Waals surface area contributed by atoms with Crippen molar-refractivity contribution in [3.63, 3.8) is 0 Å². The molecule has 1 saturated heterocycles. The van der Waals surface area contributed by atoms with Crippen LogP contribution in [0.3, 0.4) is 0 Å². The molecular formula is C22H33N. The maximum absolute atomic E-state index is 2.90. The van der Waals surface area contributed by atoms with Gasteiger partial charge in [-0.25, -0.2) is 0 Å². The fraction of sp³-hybridized carbons (Fsp3) is 0.727. The van der Waals surface area contributed by atoms with E-state index in [2.05, 4.69) is 36.1 Å². The summed E-state index contributed by atoms with van der Waals surface area (Å²) in [7, 11) is 0. The van der Waals surface area contributed by atoms with Crippen LogP contribution in [-0.4, -0.2) is 12.1 Å². The first kappa shape index (κ1) is 15.5. The zero-order valence-corrected chi connectivity index (χ0v) is 14.9. The molecule has 4 rings (SSSR count). The second-order valence-electron chi connectivity index (χ2n) is 8.75. The van der Waals surface area contributed by atoms with Gasteiger partial charge in [0.05, 0.1) is 0 Å². The molecule has 2 spiro atoms. The predicted molar refractivity (Wildman–Crippen MR) is 99.1 cm³/mol. The van der Waals surface area contributed by atoms with Crippen LogP contribution in [0.4, 0.5) is 5.69 Å². The molecule has 1 heteroatoms. The van der Waals surface area contributed by atoms with Gasteiger partial charge < -0.3 is 4.90 Å². The zero-order chi connectivity index (χ0) is 15.8. The molecule has 0 amide bonds. The Morgan fingerprint density at radius 3 is 2.09 bits per heavy atom. The minimum Gasteiger partial charge on any atom is -0.365 e. The second-order valence-corrected chi connectivity index (χ2v) is 8.75. The lowest BCUT2D eigenvalue weighted by molar-refractivity contribution is 0.217. The van der Waals surface area contributed by atoms with E-state index in [1.54, 1.807) is 0 Å². The lowest BCUT2D eigenvalue weighted by Crippen LogP contribution is -2.45. The van der Waals surface area contributed by atoms with Crippen LogP contribution in [-0.2, 0) is 0 Å². The Morgan fingerprint density at radius 1 is 0.783 bits per heavy atom. The van der Waals surface area contributed by atoms with E-state index < -0.39 is 0 Å². The number of hydrogen-bond donors (Lipinski definition) is 0. The highest BCUT2D eigenvalue weighted by Crippen LogP contribution is 2.55. The molecule has 2 aliphatic carbocycles. The van der Waals surface area contributed by atoms with Gasteiger partial charge in [-0.2, -0.15) is 0 Å². The average Bonchev–Trinajstić information content (AvgIpc) is 2.71. The van der Waals surface area contributed by atoms with Gasteiger partial charge in [0.15, 0.2) is 0 Å². The summed E-state index contributed by atoms with van der Waals surface area (Å²) in [6.45, 7) is 3.64. The molecule has 1 heterocycles. The molecular weight excluding hydrogens is 278 g/mol. The molecule has 0 radical (unpaired) electrons. The highest BCUT2D eigenvalue weighted by atomic mass is 15.2. The van der Waals surface area contributed by atoms with E-state index in [9.17, 15) is 0 Å². The predicted octanol–water partition coefficient (Wildman–Crippen LogP) is 6.25. The third-order valence-electron chi connectivity index (χ3n) is 7.12. The van der Waals surface area contributed by atoms with E-state index in [0.717, 1.165) is 0 Å². The monoisotopic (exact) mass is 311 g/mol. The zero-order valence-electron chi connectivity index (χ0n) is 14.9. The van der Waals surface area contributed by atoms with Gasteiger partial charge in [0, 0.05) is 17.8 Å². The number of anilines is 1. The van der Waals surface area contributed by atoms with Gasteiger partial charge in [-0.05, 0) is 56.1 Å². The van der Waals surface area contributed by atoms with Gasteiger partial charge in [0.2, 0.25) is 0 Å². The van der Waals surface area contributed by atoms with Crippen molar-refractivity contribution in [2.75, 3.05) is 11.4 Å².